The molecule has 0 aromatic heterocycles. The Kier molecular flexibility index (Phi) is 7.38. The molecule has 3 aliphatic heterocycles. The summed E-state index contributed by atoms with van der Waals surface area (Å²) in [5, 5.41) is 11.7. The lowest BCUT2D eigenvalue weighted by atomic mass is 9.70. The Balaban J connectivity index is 1.55. The van der Waals surface area contributed by atoms with Gasteiger partial charge in [-0.2, -0.15) is 0 Å². The van der Waals surface area contributed by atoms with Crippen molar-refractivity contribution in [2.75, 3.05) is 38.2 Å². The summed E-state index contributed by atoms with van der Waals surface area (Å²) in [6, 6.07) is 13.2. The zero-order valence-corrected chi connectivity index (χ0v) is 22.6. The normalized spacial score (nSPS) is 27.4. The average Bonchev–Trinajstić information content (AvgIpc) is 3.57. The molecular weight excluding hydrogens is 498 g/mol. The van der Waals surface area contributed by atoms with E-state index in [1.807, 2.05) is 42.5 Å². The lowest BCUT2D eigenvalue weighted by Crippen LogP contribution is -2.55. The van der Waals surface area contributed by atoms with Gasteiger partial charge < -0.3 is 19.8 Å². The Morgan fingerprint density at radius 1 is 1.13 bits per heavy atom. The van der Waals surface area contributed by atoms with E-state index >= 15 is 0 Å². The van der Waals surface area contributed by atoms with Crippen molar-refractivity contribution in [2.45, 2.75) is 35.3 Å². The van der Waals surface area contributed by atoms with Gasteiger partial charge in [0.05, 0.1) is 16.6 Å². The topological polar surface area (TPSA) is 81.2 Å². The number of thioether (sulfide) groups is 1. The number of fused-ring (bicyclic) bond motifs is 2. The number of hydrogen-bond acceptors (Lipinski definition) is 5. The number of carbonyl (C=O) groups is 3. The van der Waals surface area contributed by atoms with Gasteiger partial charge in [-0.3, -0.25) is 14.4 Å². The second kappa shape index (κ2) is 10.6. The van der Waals surface area contributed by atoms with Crippen LogP contribution in [-0.2, 0) is 14.4 Å². The Morgan fingerprint density at radius 2 is 1.87 bits per heavy atom. The van der Waals surface area contributed by atoms with Gasteiger partial charge in [-0.25, -0.2) is 0 Å². The van der Waals surface area contributed by atoms with E-state index in [0.29, 0.717) is 25.9 Å². The molecule has 2 unspecified atom stereocenters. The van der Waals surface area contributed by atoms with Crippen LogP contribution in [0.4, 0.5) is 5.69 Å². The third kappa shape index (κ3) is 4.14. The van der Waals surface area contributed by atoms with Crippen molar-refractivity contribution in [2.24, 2.45) is 11.8 Å². The van der Waals surface area contributed by atoms with Crippen molar-refractivity contribution < 1.29 is 19.5 Å². The second-order valence-electron chi connectivity index (χ2n) is 10.4. The molecule has 8 heteroatoms. The van der Waals surface area contributed by atoms with Crippen LogP contribution in [0, 0.1) is 11.8 Å². The highest BCUT2D eigenvalue weighted by Gasteiger charge is 2.73. The summed E-state index contributed by atoms with van der Waals surface area (Å²) >= 11 is 1.66. The lowest BCUT2D eigenvalue weighted by Gasteiger charge is -2.37. The van der Waals surface area contributed by atoms with E-state index in [9.17, 15) is 19.5 Å². The molecule has 3 amide bonds. The minimum atomic E-state index is -0.713. The van der Waals surface area contributed by atoms with E-state index in [1.54, 1.807) is 45.7 Å². The third-order valence-corrected chi connectivity index (χ3v) is 10.2. The molecule has 3 aliphatic rings. The molecule has 38 heavy (non-hydrogen) atoms. The van der Waals surface area contributed by atoms with Gasteiger partial charge in [0, 0.05) is 44.2 Å². The molecule has 200 valence electrons. The smallest absolute Gasteiger partial charge is 0.251 e. The number of aliphatic hydroxyl groups is 1. The molecule has 7 nitrogen and oxygen atoms in total. The maximum atomic E-state index is 14.5. The summed E-state index contributed by atoms with van der Waals surface area (Å²) in [6.07, 6.45) is 5.26. The zero-order valence-electron chi connectivity index (χ0n) is 21.8. The van der Waals surface area contributed by atoms with Gasteiger partial charge in [0.25, 0.3) is 5.91 Å². The van der Waals surface area contributed by atoms with Crippen molar-refractivity contribution in [3.63, 3.8) is 0 Å². The number of likely N-dealkylation sites (N-methyl/N-ethyl adjacent to an activating group) is 1. The Hall–Kier alpha value is -3.10. The zero-order chi connectivity index (χ0) is 27.0. The molecule has 0 radical (unpaired) electrons. The van der Waals surface area contributed by atoms with Gasteiger partial charge in [0.1, 0.15) is 6.04 Å². The maximum Gasteiger partial charge on any atom is 0.251 e. The van der Waals surface area contributed by atoms with Gasteiger partial charge in [-0.15, -0.1) is 24.9 Å². The number of rotatable bonds is 10. The van der Waals surface area contributed by atoms with E-state index in [4.69, 9.17) is 0 Å². The summed E-state index contributed by atoms with van der Waals surface area (Å²) in [5.41, 5.74) is 0.749. The number of amides is 3. The SMILES string of the molecule is C=CCN(C)C(=O)[C@@H]1[C@@H]2CCC3(S2)C(C(=O)N(CC=C)c2ccc4ccccc4c2)N(CCCO)C(=O)[C@H]13. The van der Waals surface area contributed by atoms with Gasteiger partial charge >= 0.3 is 0 Å². The molecule has 2 aromatic rings. The Bertz CT molecular complexity index is 1280. The first-order valence-electron chi connectivity index (χ1n) is 13.2. The molecule has 2 aromatic carbocycles. The lowest BCUT2D eigenvalue weighted by molar-refractivity contribution is -0.143. The first-order valence-corrected chi connectivity index (χ1v) is 14.1. The monoisotopic (exact) mass is 533 g/mol. The van der Waals surface area contributed by atoms with E-state index in [2.05, 4.69) is 13.2 Å². The Morgan fingerprint density at radius 3 is 2.58 bits per heavy atom. The summed E-state index contributed by atoms with van der Waals surface area (Å²) in [7, 11) is 1.74. The van der Waals surface area contributed by atoms with Crippen LogP contribution in [0.3, 0.4) is 0 Å². The van der Waals surface area contributed by atoms with Crippen LogP contribution in [0.5, 0.6) is 0 Å². The molecular formula is C30H35N3O4S. The number of carbonyl (C=O) groups excluding carboxylic acids is 3. The highest BCUT2D eigenvalue weighted by atomic mass is 32.2. The first kappa shape index (κ1) is 26.5. The number of nitrogens with zero attached hydrogens (tertiary/aromatic N) is 3. The highest BCUT2D eigenvalue weighted by molar-refractivity contribution is 8.02. The summed E-state index contributed by atoms with van der Waals surface area (Å²) < 4.78 is -0.667. The predicted octanol–water partition coefficient (Wildman–Crippen LogP) is 3.48. The Labute approximate surface area is 228 Å². The van der Waals surface area contributed by atoms with Crippen LogP contribution in [0.15, 0.2) is 67.8 Å². The summed E-state index contributed by atoms with van der Waals surface area (Å²) in [5.74, 6) is -1.38. The molecule has 5 atom stereocenters. The van der Waals surface area contributed by atoms with Gasteiger partial charge in [-0.05, 0) is 42.2 Å². The maximum absolute atomic E-state index is 14.5. The van der Waals surface area contributed by atoms with Gasteiger partial charge in [0.15, 0.2) is 0 Å². The number of benzene rings is 2. The summed E-state index contributed by atoms with van der Waals surface area (Å²) in [4.78, 5) is 47.1. The fourth-order valence-electron chi connectivity index (χ4n) is 6.68. The van der Waals surface area contributed by atoms with Crippen molar-refractivity contribution in [3.05, 3.63) is 67.8 Å². The van der Waals surface area contributed by atoms with Crippen LogP contribution >= 0.6 is 11.8 Å². The van der Waals surface area contributed by atoms with Crippen molar-refractivity contribution in [3.8, 4) is 0 Å². The van der Waals surface area contributed by atoms with Crippen LogP contribution in [0.25, 0.3) is 10.8 Å². The van der Waals surface area contributed by atoms with E-state index in [-0.39, 0.29) is 36.1 Å². The largest absolute Gasteiger partial charge is 0.396 e. The number of likely N-dealkylation sites (tertiary alicyclic amines) is 1. The van der Waals surface area contributed by atoms with Crippen LogP contribution in [0.2, 0.25) is 0 Å². The third-order valence-electron chi connectivity index (χ3n) is 8.28. The standard InChI is InChI=1S/C30H35N3O4S/c1-4-15-31(3)27(35)24-23-13-14-30(38-23)25(24)28(36)33(17-8-18-34)26(30)29(37)32(16-5-2)22-12-11-20-9-6-7-10-21(20)19-22/h4-7,9-12,19,23-26,34H,1-2,8,13-18H2,3H3/t23-,24+,25-,26?,30?/m0/s1. The molecule has 3 saturated heterocycles. The van der Waals surface area contributed by atoms with Crippen LogP contribution in [-0.4, -0.2) is 82.0 Å². The van der Waals surface area contributed by atoms with Crippen LogP contribution in [0.1, 0.15) is 19.3 Å². The van der Waals surface area contributed by atoms with Crippen LogP contribution < -0.4 is 4.90 Å². The average molecular weight is 534 g/mol. The minimum absolute atomic E-state index is 0.00697. The quantitative estimate of drug-likeness (QED) is 0.473. The fraction of sp³-hybridized carbons (Fsp3) is 0.433. The molecule has 3 fully saturated rings. The number of aliphatic hydroxyl groups excluding tert-OH is 1. The van der Waals surface area contributed by atoms with Crippen molar-refractivity contribution in [1.29, 1.82) is 0 Å². The molecule has 5 rings (SSSR count). The van der Waals surface area contributed by atoms with E-state index in [1.165, 1.54) is 0 Å². The highest BCUT2D eigenvalue weighted by Crippen LogP contribution is 2.66. The van der Waals surface area contributed by atoms with Crippen molar-refractivity contribution in [1.82, 2.24) is 9.80 Å². The minimum Gasteiger partial charge on any atom is -0.396 e. The number of anilines is 1. The molecule has 1 N–H and O–H groups in total. The fourth-order valence-corrected chi connectivity index (χ4v) is 8.88. The van der Waals surface area contributed by atoms with E-state index < -0.39 is 22.6 Å². The first-order chi connectivity index (χ1) is 18.4. The van der Waals surface area contributed by atoms with Gasteiger partial charge in [0.2, 0.25) is 11.8 Å². The van der Waals surface area contributed by atoms with Crippen molar-refractivity contribution >= 4 is 45.9 Å². The van der Waals surface area contributed by atoms with E-state index in [0.717, 1.165) is 22.9 Å². The molecule has 2 bridgehead atoms. The molecule has 1 spiro atoms. The second-order valence-corrected chi connectivity index (χ2v) is 12.0. The number of hydrogen-bond donors (Lipinski definition) is 1. The van der Waals surface area contributed by atoms with Gasteiger partial charge in [-0.1, -0.05) is 42.5 Å². The molecule has 0 saturated carbocycles. The summed E-state index contributed by atoms with van der Waals surface area (Å²) in [6.45, 7) is 8.55. The predicted molar refractivity (Wildman–Crippen MR) is 152 cm³/mol. The molecule has 0 aliphatic carbocycles. The molecule has 3 heterocycles.